The fourth-order valence-electron chi connectivity index (χ4n) is 1.96. The minimum absolute atomic E-state index is 0.0802. The van der Waals surface area contributed by atoms with Gasteiger partial charge in [0.2, 0.25) is 5.76 Å². The third-order valence-electron chi connectivity index (χ3n) is 2.92. The van der Waals surface area contributed by atoms with E-state index in [0.717, 1.165) is 0 Å². The number of nitriles is 2. The summed E-state index contributed by atoms with van der Waals surface area (Å²) in [6.45, 7) is 0. The average Bonchev–Trinajstić information content (AvgIpc) is 2.87. The lowest BCUT2D eigenvalue weighted by Gasteiger charge is -2.06. The highest BCUT2D eigenvalue weighted by molar-refractivity contribution is 6.32. The van der Waals surface area contributed by atoms with Crippen molar-refractivity contribution in [2.24, 2.45) is 0 Å². The van der Waals surface area contributed by atoms with Crippen molar-refractivity contribution in [3.63, 3.8) is 0 Å². The number of nitrogens with zero attached hydrogens (tertiary/aromatic N) is 2. The highest BCUT2D eigenvalue weighted by Gasteiger charge is 2.17. The summed E-state index contributed by atoms with van der Waals surface area (Å²) in [6.07, 6.45) is 0. The van der Waals surface area contributed by atoms with Gasteiger partial charge < -0.3 is 9.15 Å². The first-order valence-electron chi connectivity index (χ1n) is 6.02. The van der Waals surface area contributed by atoms with Crippen LogP contribution in [-0.2, 0) is 0 Å². The zero-order chi connectivity index (χ0) is 14.8. The van der Waals surface area contributed by atoms with E-state index in [1.807, 2.05) is 24.3 Å². The summed E-state index contributed by atoms with van der Waals surface area (Å²) in [7, 11) is 0. The van der Waals surface area contributed by atoms with E-state index < -0.39 is 0 Å². The molecule has 0 atom stereocenters. The Hall–Kier alpha value is -2.95. The van der Waals surface area contributed by atoms with Gasteiger partial charge in [0.1, 0.15) is 17.4 Å². The molecule has 1 heterocycles. The smallest absolute Gasteiger partial charge is 0.247 e. The van der Waals surface area contributed by atoms with Crippen molar-refractivity contribution < 1.29 is 9.15 Å². The average molecular weight is 295 g/mol. The van der Waals surface area contributed by atoms with Crippen molar-refractivity contribution in [1.82, 2.24) is 0 Å². The molecule has 0 radical (unpaired) electrons. The Morgan fingerprint density at radius 2 is 1.86 bits per heavy atom. The Morgan fingerprint density at radius 3 is 2.57 bits per heavy atom. The van der Waals surface area contributed by atoms with E-state index in [0.29, 0.717) is 33.1 Å². The third-order valence-corrected chi connectivity index (χ3v) is 3.22. The van der Waals surface area contributed by atoms with Gasteiger partial charge in [-0.05, 0) is 30.3 Å². The molecule has 0 bridgehead atoms. The standard InChI is InChI=1S/C16H7ClN2O2/c17-12-7-10(8-18)5-6-14(12)21-16-11-3-1-2-4-13(11)20-15(16)9-19/h1-7H. The molecule has 0 aliphatic carbocycles. The lowest BCUT2D eigenvalue weighted by atomic mass is 10.2. The molecule has 3 aromatic rings. The quantitative estimate of drug-likeness (QED) is 0.691. The number of hydrogen-bond donors (Lipinski definition) is 0. The Balaban J connectivity index is 2.10. The summed E-state index contributed by atoms with van der Waals surface area (Å²) in [5.74, 6) is 0.759. The Bertz CT molecular complexity index is 916. The van der Waals surface area contributed by atoms with Gasteiger partial charge in [0.15, 0.2) is 5.75 Å². The molecule has 0 fully saturated rings. The van der Waals surface area contributed by atoms with Crippen LogP contribution in [0.4, 0.5) is 0 Å². The van der Waals surface area contributed by atoms with E-state index in [-0.39, 0.29) is 5.76 Å². The molecule has 0 saturated heterocycles. The summed E-state index contributed by atoms with van der Waals surface area (Å²) in [6, 6.07) is 15.8. The van der Waals surface area contributed by atoms with Crippen LogP contribution in [0.15, 0.2) is 46.9 Å². The molecule has 0 N–H and O–H groups in total. The molecule has 0 unspecified atom stereocenters. The molecule has 0 spiro atoms. The van der Waals surface area contributed by atoms with E-state index in [1.54, 1.807) is 24.3 Å². The van der Waals surface area contributed by atoms with Crippen LogP contribution < -0.4 is 4.74 Å². The molecule has 0 amide bonds. The summed E-state index contributed by atoms with van der Waals surface area (Å²) in [5, 5.41) is 19.0. The van der Waals surface area contributed by atoms with E-state index in [9.17, 15) is 0 Å². The highest BCUT2D eigenvalue weighted by Crippen LogP contribution is 2.38. The van der Waals surface area contributed by atoms with E-state index in [1.165, 1.54) is 6.07 Å². The molecular formula is C16H7ClN2O2. The molecule has 0 aliphatic heterocycles. The lowest BCUT2D eigenvalue weighted by molar-refractivity contribution is 0.467. The number of fused-ring (bicyclic) bond motifs is 1. The topological polar surface area (TPSA) is 69.9 Å². The van der Waals surface area contributed by atoms with Crippen molar-refractivity contribution in [1.29, 1.82) is 10.5 Å². The number of hydrogen-bond acceptors (Lipinski definition) is 4. The molecule has 5 heteroatoms. The fraction of sp³-hybridized carbons (Fsp3) is 0. The number of ether oxygens (including phenoxy) is 1. The Kier molecular flexibility index (Phi) is 3.23. The second kappa shape index (κ2) is 5.20. The van der Waals surface area contributed by atoms with Gasteiger partial charge >= 0.3 is 0 Å². The van der Waals surface area contributed by atoms with Gasteiger partial charge in [-0.15, -0.1) is 0 Å². The van der Waals surface area contributed by atoms with Crippen LogP contribution in [0.25, 0.3) is 11.0 Å². The first kappa shape index (κ1) is 13.1. The summed E-state index contributed by atoms with van der Waals surface area (Å²) < 4.78 is 11.2. The predicted molar refractivity (Wildman–Crippen MR) is 77.2 cm³/mol. The number of halogens is 1. The predicted octanol–water partition coefficient (Wildman–Crippen LogP) is 4.62. The van der Waals surface area contributed by atoms with Crippen molar-refractivity contribution in [3.05, 3.63) is 58.8 Å². The van der Waals surface area contributed by atoms with Crippen LogP contribution in [0.2, 0.25) is 5.02 Å². The van der Waals surface area contributed by atoms with Crippen molar-refractivity contribution in [2.45, 2.75) is 0 Å². The van der Waals surface area contributed by atoms with Gasteiger partial charge in [-0.2, -0.15) is 10.5 Å². The molecule has 4 nitrogen and oxygen atoms in total. The van der Waals surface area contributed by atoms with Gasteiger partial charge in [-0.3, -0.25) is 0 Å². The Morgan fingerprint density at radius 1 is 1.05 bits per heavy atom. The molecule has 3 rings (SSSR count). The SMILES string of the molecule is N#Cc1ccc(Oc2c(C#N)oc3ccccc23)c(Cl)c1. The minimum atomic E-state index is 0.0802. The van der Waals surface area contributed by atoms with Gasteiger partial charge in [0.05, 0.1) is 22.0 Å². The number of para-hydroxylation sites is 1. The fourth-order valence-corrected chi connectivity index (χ4v) is 2.18. The summed E-state index contributed by atoms with van der Waals surface area (Å²) >= 11 is 6.08. The van der Waals surface area contributed by atoms with Gasteiger partial charge in [0.25, 0.3) is 0 Å². The minimum Gasteiger partial charge on any atom is -0.450 e. The van der Waals surface area contributed by atoms with Gasteiger partial charge in [-0.1, -0.05) is 23.7 Å². The van der Waals surface area contributed by atoms with Crippen LogP contribution in [0.3, 0.4) is 0 Å². The zero-order valence-corrected chi connectivity index (χ0v) is 11.4. The second-order valence-corrected chi connectivity index (χ2v) is 4.63. The van der Waals surface area contributed by atoms with E-state index in [4.69, 9.17) is 31.3 Å². The molecule has 100 valence electrons. The molecule has 21 heavy (non-hydrogen) atoms. The molecule has 2 aromatic carbocycles. The first-order chi connectivity index (χ1) is 10.2. The first-order valence-corrected chi connectivity index (χ1v) is 6.40. The summed E-state index contributed by atoms with van der Waals surface area (Å²) in [5.41, 5.74) is 0.999. The van der Waals surface area contributed by atoms with Crippen LogP contribution in [0.1, 0.15) is 11.3 Å². The summed E-state index contributed by atoms with van der Waals surface area (Å²) in [4.78, 5) is 0. The number of furan rings is 1. The van der Waals surface area contributed by atoms with Crippen molar-refractivity contribution >= 4 is 22.6 Å². The van der Waals surface area contributed by atoms with Crippen molar-refractivity contribution in [2.75, 3.05) is 0 Å². The van der Waals surface area contributed by atoms with E-state index in [2.05, 4.69) is 0 Å². The van der Waals surface area contributed by atoms with Gasteiger partial charge in [0, 0.05) is 0 Å². The maximum absolute atomic E-state index is 9.15. The normalized spacial score (nSPS) is 10.0. The second-order valence-electron chi connectivity index (χ2n) is 4.23. The number of rotatable bonds is 2. The lowest BCUT2D eigenvalue weighted by Crippen LogP contribution is -1.87. The molecule has 1 aromatic heterocycles. The van der Waals surface area contributed by atoms with Gasteiger partial charge in [-0.25, -0.2) is 0 Å². The number of benzene rings is 2. The zero-order valence-electron chi connectivity index (χ0n) is 10.6. The Labute approximate surface area is 125 Å². The molecule has 0 aliphatic rings. The maximum Gasteiger partial charge on any atom is 0.247 e. The van der Waals surface area contributed by atoms with Crippen LogP contribution in [0.5, 0.6) is 11.5 Å². The molecule has 0 saturated carbocycles. The van der Waals surface area contributed by atoms with Crippen LogP contribution >= 0.6 is 11.6 Å². The van der Waals surface area contributed by atoms with Crippen LogP contribution in [-0.4, -0.2) is 0 Å². The largest absolute Gasteiger partial charge is 0.450 e. The van der Waals surface area contributed by atoms with Crippen molar-refractivity contribution in [3.8, 4) is 23.6 Å². The monoisotopic (exact) mass is 294 g/mol. The third kappa shape index (κ3) is 2.29. The van der Waals surface area contributed by atoms with Crippen LogP contribution in [0, 0.1) is 22.7 Å². The van der Waals surface area contributed by atoms with E-state index >= 15 is 0 Å². The maximum atomic E-state index is 9.15. The molecular weight excluding hydrogens is 288 g/mol. The highest BCUT2D eigenvalue weighted by atomic mass is 35.5.